The van der Waals surface area contributed by atoms with E-state index < -0.39 is 25.8 Å². The number of hydrogen-bond acceptors (Lipinski definition) is 6. The number of fused-ring (bicyclic) bond motifs is 3. The lowest BCUT2D eigenvalue weighted by molar-refractivity contribution is -0.228. The van der Waals surface area contributed by atoms with E-state index in [1.54, 1.807) is 0 Å². The van der Waals surface area contributed by atoms with E-state index in [1.807, 2.05) is 39.5 Å². The van der Waals surface area contributed by atoms with Gasteiger partial charge >= 0.3 is 0 Å². The highest BCUT2D eigenvalue weighted by atomic mass is 32.2. The van der Waals surface area contributed by atoms with Gasteiger partial charge < -0.3 is 23.7 Å². The fraction of sp³-hybridized carbons (Fsp3) is 0.538. The van der Waals surface area contributed by atoms with E-state index in [9.17, 15) is 0 Å². The Bertz CT molecular complexity index is 885. The molecule has 5 rings (SSSR count). The third-order valence-corrected chi connectivity index (χ3v) is 10.0. The number of rotatable bonds is 7. The van der Waals surface area contributed by atoms with Crippen LogP contribution < -0.4 is 10.6 Å². The van der Waals surface area contributed by atoms with Crippen LogP contribution in [0.3, 0.4) is 0 Å². The smallest absolute Gasteiger partial charge is 0.190 e. The molecule has 0 saturated carbocycles. The van der Waals surface area contributed by atoms with Crippen LogP contribution in [0.15, 0.2) is 60.7 Å². The highest BCUT2D eigenvalue weighted by Gasteiger charge is 2.60. The van der Waals surface area contributed by atoms with Crippen molar-refractivity contribution < 1.29 is 23.7 Å². The molecule has 0 bridgehead atoms. The zero-order valence-electron chi connectivity index (χ0n) is 19.7. The van der Waals surface area contributed by atoms with Gasteiger partial charge in [0.2, 0.25) is 0 Å². The van der Waals surface area contributed by atoms with Crippen LogP contribution in [-0.2, 0) is 23.7 Å². The molecule has 3 fully saturated rings. The van der Waals surface area contributed by atoms with Crippen molar-refractivity contribution in [2.24, 2.45) is 0 Å². The predicted octanol–water partition coefficient (Wildman–Crippen LogP) is 4.25. The number of thioether (sulfide) groups is 1. The molecule has 0 radical (unpaired) electrons. The average molecular weight is 489 g/mol. The van der Waals surface area contributed by atoms with Gasteiger partial charge in [-0.25, -0.2) is 0 Å². The molecule has 0 aromatic heterocycles. The van der Waals surface area contributed by atoms with Gasteiger partial charge in [0.05, 0.1) is 6.10 Å². The lowest BCUT2D eigenvalue weighted by Crippen LogP contribution is -2.55. The van der Waals surface area contributed by atoms with Gasteiger partial charge in [0.15, 0.2) is 17.9 Å². The van der Waals surface area contributed by atoms with Gasteiger partial charge in [-0.1, -0.05) is 60.7 Å². The molecule has 5 unspecified atom stereocenters. The monoisotopic (exact) mass is 488 g/mol. The maximum atomic E-state index is 6.36. The summed E-state index contributed by atoms with van der Waals surface area (Å²) in [6.45, 7) is 7.75. The number of benzene rings is 2. The van der Waals surface area contributed by atoms with Crippen LogP contribution in [0.5, 0.6) is 0 Å². The molecule has 3 heterocycles. The summed E-state index contributed by atoms with van der Waals surface area (Å²) in [5.74, 6) is 0.551. The topological polar surface area (TPSA) is 46.2 Å². The van der Waals surface area contributed by atoms with Gasteiger partial charge in [-0.3, -0.25) is 0 Å². The summed E-state index contributed by atoms with van der Waals surface area (Å²) < 4.78 is 31.0. The van der Waals surface area contributed by atoms with Crippen LogP contribution in [0.1, 0.15) is 27.7 Å². The average Bonchev–Trinajstić information content (AvgIpc) is 3.29. The molecule has 3 aliphatic heterocycles. The van der Waals surface area contributed by atoms with Gasteiger partial charge in [-0.2, -0.15) is 11.8 Å². The van der Waals surface area contributed by atoms with Crippen molar-refractivity contribution in [3.8, 4) is 0 Å². The summed E-state index contributed by atoms with van der Waals surface area (Å²) in [5, 5.41) is 2.84. The quantitative estimate of drug-likeness (QED) is 0.429. The second-order valence-corrected chi connectivity index (χ2v) is 13.1. The minimum absolute atomic E-state index is 0.0970. The first-order valence-corrected chi connectivity index (χ1v) is 14.3. The van der Waals surface area contributed by atoms with Crippen molar-refractivity contribution in [3.05, 3.63) is 60.7 Å². The van der Waals surface area contributed by atoms with Crippen molar-refractivity contribution in [1.29, 1.82) is 0 Å². The second-order valence-electron chi connectivity index (χ2n) is 9.61. The van der Waals surface area contributed by atoms with E-state index in [0.717, 1.165) is 17.7 Å². The van der Waals surface area contributed by atoms with Crippen molar-refractivity contribution in [1.82, 2.24) is 0 Å². The molecule has 5 nitrogen and oxygen atoms in total. The Morgan fingerprint density at radius 1 is 0.727 bits per heavy atom. The van der Waals surface area contributed by atoms with Crippen molar-refractivity contribution >= 4 is 30.3 Å². The zero-order chi connectivity index (χ0) is 23.1. The molecule has 2 aromatic rings. The number of ether oxygens (including phenoxy) is 5. The molecule has 0 N–H and O–H groups in total. The van der Waals surface area contributed by atoms with E-state index in [0.29, 0.717) is 0 Å². The van der Waals surface area contributed by atoms with Gasteiger partial charge in [0.25, 0.3) is 0 Å². The Labute approximate surface area is 202 Å². The minimum Gasteiger partial charge on any atom is -0.343 e. The molecule has 0 spiro atoms. The molecule has 2 aromatic carbocycles. The summed E-state index contributed by atoms with van der Waals surface area (Å²) in [7, 11) is -0.391. The normalized spacial score (nSPS) is 32.0. The Hall–Kier alpha value is -0.980. The molecule has 7 heteroatoms. The van der Waals surface area contributed by atoms with E-state index in [1.165, 1.54) is 10.6 Å². The molecule has 5 atom stereocenters. The second kappa shape index (κ2) is 9.58. The first kappa shape index (κ1) is 23.7. The van der Waals surface area contributed by atoms with E-state index in [4.69, 9.17) is 23.7 Å². The van der Waals surface area contributed by atoms with Crippen molar-refractivity contribution in [3.63, 3.8) is 0 Å². The van der Waals surface area contributed by atoms with Crippen LogP contribution in [0, 0.1) is 0 Å². The van der Waals surface area contributed by atoms with Gasteiger partial charge in [-0.05, 0) is 58.1 Å². The zero-order valence-corrected chi connectivity index (χ0v) is 21.4. The minimum atomic E-state index is -0.681. The maximum Gasteiger partial charge on any atom is 0.190 e. The first-order valence-electron chi connectivity index (χ1n) is 11.6. The molecule has 33 heavy (non-hydrogen) atoms. The molecular formula is C26H33O5PS. The lowest BCUT2D eigenvalue weighted by atomic mass is 10.00. The Morgan fingerprint density at radius 3 is 1.91 bits per heavy atom. The molecule has 3 aliphatic rings. The lowest BCUT2D eigenvalue weighted by Gasteiger charge is -2.37. The fourth-order valence-electron chi connectivity index (χ4n) is 4.81. The SMILES string of the molecule is CC1(C)OC2OC(CSCCP(c3ccccc3)c3ccccc3)C3OC(C)(C)OC3C2O1. The molecule has 3 saturated heterocycles. The van der Waals surface area contributed by atoms with E-state index in [2.05, 4.69) is 60.7 Å². The Kier molecular flexibility index (Phi) is 6.89. The summed E-state index contributed by atoms with van der Waals surface area (Å²) >= 11 is 1.92. The third kappa shape index (κ3) is 5.33. The molecular weight excluding hydrogens is 455 g/mol. The van der Waals surface area contributed by atoms with Crippen molar-refractivity contribution in [2.45, 2.75) is 70.0 Å². The largest absolute Gasteiger partial charge is 0.343 e. The van der Waals surface area contributed by atoms with Crippen molar-refractivity contribution in [2.75, 3.05) is 17.7 Å². The number of hydrogen-bond donors (Lipinski definition) is 0. The van der Waals surface area contributed by atoms with E-state index in [-0.39, 0.29) is 24.4 Å². The van der Waals surface area contributed by atoms with Gasteiger partial charge in [-0.15, -0.1) is 0 Å². The first-order chi connectivity index (χ1) is 15.8. The fourth-order valence-corrected chi connectivity index (χ4v) is 8.60. The van der Waals surface area contributed by atoms with Crippen LogP contribution in [0.4, 0.5) is 0 Å². The molecule has 0 amide bonds. The maximum absolute atomic E-state index is 6.36. The highest BCUT2D eigenvalue weighted by Crippen LogP contribution is 2.44. The third-order valence-electron chi connectivity index (χ3n) is 6.13. The van der Waals surface area contributed by atoms with Gasteiger partial charge in [0.1, 0.15) is 18.3 Å². The molecule has 178 valence electrons. The standard InChI is InChI=1S/C26H33O5PS/c1-25(2)28-21-20(27-24-23(22(21)29-25)30-26(3,4)31-24)17-33-16-15-32(18-11-7-5-8-12-18)19-13-9-6-10-14-19/h5-14,20-24H,15-17H2,1-4H3. The van der Waals surface area contributed by atoms with Gasteiger partial charge in [0, 0.05) is 5.75 Å². The highest BCUT2D eigenvalue weighted by molar-refractivity contribution is 7.99. The van der Waals surface area contributed by atoms with Crippen LogP contribution in [-0.4, -0.2) is 59.9 Å². The van der Waals surface area contributed by atoms with Crippen LogP contribution in [0.25, 0.3) is 0 Å². The summed E-state index contributed by atoms with van der Waals surface area (Å²) in [4.78, 5) is 0. The van der Waals surface area contributed by atoms with Crippen LogP contribution in [0.2, 0.25) is 0 Å². The predicted molar refractivity (Wildman–Crippen MR) is 134 cm³/mol. The Morgan fingerprint density at radius 2 is 1.27 bits per heavy atom. The Balaban J connectivity index is 1.23. The van der Waals surface area contributed by atoms with E-state index >= 15 is 0 Å². The molecule has 0 aliphatic carbocycles. The van der Waals surface area contributed by atoms with Crippen LogP contribution >= 0.6 is 19.7 Å². The summed E-state index contributed by atoms with van der Waals surface area (Å²) in [5.41, 5.74) is 0. The summed E-state index contributed by atoms with van der Waals surface area (Å²) in [6.07, 6.45) is -0.00337. The summed E-state index contributed by atoms with van der Waals surface area (Å²) in [6, 6.07) is 21.7.